The molecular formula is C21H17N3O2. The second kappa shape index (κ2) is 6.80. The third-order valence-corrected chi connectivity index (χ3v) is 4.19. The highest BCUT2D eigenvalue weighted by atomic mass is 16.5. The Kier molecular flexibility index (Phi) is 4.19. The number of hydrogen-bond donors (Lipinski definition) is 0. The van der Waals surface area contributed by atoms with Crippen LogP contribution in [0.5, 0.6) is 11.5 Å². The molecule has 0 amide bonds. The van der Waals surface area contributed by atoms with Gasteiger partial charge in [0.1, 0.15) is 17.0 Å². The minimum atomic E-state index is 0.760. The Balaban J connectivity index is 1.93. The van der Waals surface area contributed by atoms with Crippen molar-refractivity contribution < 1.29 is 9.47 Å². The molecule has 2 aromatic heterocycles. The molecule has 2 aromatic carbocycles. The molecule has 4 aromatic rings. The quantitative estimate of drug-likeness (QED) is 0.550. The zero-order chi connectivity index (χ0) is 17.9. The topological polar surface area (TPSA) is 57.1 Å². The predicted octanol–water partition coefficient (Wildman–Crippen LogP) is 4.38. The highest BCUT2D eigenvalue weighted by molar-refractivity contribution is 5.85. The Morgan fingerprint density at radius 3 is 1.62 bits per heavy atom. The van der Waals surface area contributed by atoms with Crippen LogP contribution < -0.4 is 9.47 Å². The molecular weight excluding hydrogens is 326 g/mol. The number of methoxy groups -OCH3 is 2. The van der Waals surface area contributed by atoms with Crippen molar-refractivity contribution >= 4 is 11.0 Å². The van der Waals surface area contributed by atoms with Crippen LogP contribution in [0.15, 0.2) is 67.0 Å². The molecule has 0 aliphatic carbocycles. The van der Waals surface area contributed by atoms with Crippen LogP contribution >= 0.6 is 0 Å². The van der Waals surface area contributed by atoms with Gasteiger partial charge >= 0.3 is 0 Å². The lowest BCUT2D eigenvalue weighted by atomic mass is 10.0. The molecule has 0 radical (unpaired) electrons. The second-order valence-corrected chi connectivity index (χ2v) is 5.74. The van der Waals surface area contributed by atoms with Gasteiger partial charge in [0, 0.05) is 17.3 Å². The highest BCUT2D eigenvalue weighted by Crippen LogP contribution is 2.32. The van der Waals surface area contributed by atoms with Gasteiger partial charge in [-0.2, -0.15) is 0 Å². The average Bonchev–Trinajstić information content (AvgIpc) is 2.73. The molecule has 5 nitrogen and oxygen atoms in total. The van der Waals surface area contributed by atoms with Crippen LogP contribution in [0, 0.1) is 0 Å². The van der Waals surface area contributed by atoms with E-state index in [0.29, 0.717) is 0 Å². The molecule has 26 heavy (non-hydrogen) atoms. The number of nitrogens with zero attached hydrogens (tertiary/aromatic N) is 3. The number of benzene rings is 2. The van der Waals surface area contributed by atoms with E-state index in [1.165, 1.54) is 0 Å². The highest BCUT2D eigenvalue weighted by Gasteiger charge is 2.13. The van der Waals surface area contributed by atoms with Crippen LogP contribution in [0.3, 0.4) is 0 Å². The molecule has 0 fully saturated rings. The Labute approximate surface area is 151 Å². The summed E-state index contributed by atoms with van der Waals surface area (Å²) in [5.74, 6) is 1.60. The average molecular weight is 343 g/mol. The number of ether oxygens (including phenoxy) is 2. The van der Waals surface area contributed by atoms with E-state index < -0.39 is 0 Å². The Morgan fingerprint density at radius 2 is 1.12 bits per heavy atom. The summed E-state index contributed by atoms with van der Waals surface area (Å²) in [6.07, 6.45) is 3.45. The van der Waals surface area contributed by atoms with Crippen LogP contribution in [0.1, 0.15) is 0 Å². The summed E-state index contributed by atoms with van der Waals surface area (Å²) in [7, 11) is 3.31. The summed E-state index contributed by atoms with van der Waals surface area (Å²) >= 11 is 0. The van der Waals surface area contributed by atoms with Crippen molar-refractivity contribution in [2.24, 2.45) is 0 Å². The van der Waals surface area contributed by atoms with Crippen molar-refractivity contribution in [3.05, 3.63) is 67.0 Å². The van der Waals surface area contributed by atoms with Gasteiger partial charge in [-0.3, -0.25) is 4.98 Å². The first-order chi connectivity index (χ1) is 12.8. The van der Waals surface area contributed by atoms with Crippen LogP contribution in [0.2, 0.25) is 0 Å². The molecule has 0 N–H and O–H groups in total. The summed E-state index contributed by atoms with van der Waals surface area (Å²) in [6.45, 7) is 0. The van der Waals surface area contributed by atoms with E-state index in [4.69, 9.17) is 19.4 Å². The van der Waals surface area contributed by atoms with Gasteiger partial charge in [-0.15, -0.1) is 0 Å². The number of hydrogen-bond acceptors (Lipinski definition) is 5. The fourth-order valence-electron chi connectivity index (χ4n) is 2.81. The maximum absolute atomic E-state index is 5.26. The predicted molar refractivity (Wildman–Crippen MR) is 101 cm³/mol. The molecule has 5 heteroatoms. The Morgan fingerprint density at radius 1 is 0.615 bits per heavy atom. The number of fused-ring (bicyclic) bond motifs is 1. The fraction of sp³-hybridized carbons (Fsp3) is 0.0952. The lowest BCUT2D eigenvalue weighted by molar-refractivity contribution is 0.414. The van der Waals surface area contributed by atoms with Gasteiger partial charge in [0.25, 0.3) is 0 Å². The summed E-state index contributed by atoms with van der Waals surface area (Å²) < 4.78 is 10.5. The SMILES string of the molecule is COc1ccc(-c2nc3ccncc3nc2-c2ccc(OC)cc2)cc1. The molecule has 0 bridgehead atoms. The van der Waals surface area contributed by atoms with Crippen LogP contribution in [0.25, 0.3) is 33.5 Å². The lowest BCUT2D eigenvalue weighted by Crippen LogP contribution is -1.96. The van der Waals surface area contributed by atoms with Crippen molar-refractivity contribution in [1.29, 1.82) is 0 Å². The molecule has 0 unspecified atom stereocenters. The summed E-state index contributed by atoms with van der Waals surface area (Å²) in [5.41, 5.74) is 5.13. The normalized spacial score (nSPS) is 10.7. The maximum Gasteiger partial charge on any atom is 0.118 e. The van der Waals surface area contributed by atoms with E-state index in [9.17, 15) is 0 Å². The standard InChI is InChI=1S/C21H17N3O2/c1-25-16-7-3-14(4-8-16)20-21(15-5-9-17(26-2)10-6-15)24-19-13-22-12-11-18(19)23-20/h3-13H,1-2H3. The van der Waals surface area contributed by atoms with E-state index in [-0.39, 0.29) is 0 Å². The van der Waals surface area contributed by atoms with Gasteiger partial charge in [-0.05, 0) is 54.6 Å². The zero-order valence-electron chi connectivity index (χ0n) is 14.5. The first-order valence-corrected chi connectivity index (χ1v) is 8.19. The van der Waals surface area contributed by atoms with Gasteiger partial charge in [0.2, 0.25) is 0 Å². The minimum absolute atomic E-state index is 0.760. The molecule has 0 aliphatic heterocycles. The van der Waals surface area contributed by atoms with Gasteiger partial charge < -0.3 is 9.47 Å². The van der Waals surface area contributed by atoms with E-state index in [1.807, 2.05) is 54.6 Å². The van der Waals surface area contributed by atoms with Gasteiger partial charge in [-0.1, -0.05) is 0 Å². The fourth-order valence-corrected chi connectivity index (χ4v) is 2.81. The van der Waals surface area contributed by atoms with E-state index in [2.05, 4.69) is 4.98 Å². The zero-order valence-corrected chi connectivity index (χ0v) is 14.5. The molecule has 2 heterocycles. The van der Waals surface area contributed by atoms with Crippen molar-refractivity contribution in [3.63, 3.8) is 0 Å². The van der Waals surface area contributed by atoms with Crippen molar-refractivity contribution in [2.75, 3.05) is 14.2 Å². The lowest BCUT2D eigenvalue weighted by Gasteiger charge is -2.11. The monoisotopic (exact) mass is 343 g/mol. The molecule has 0 saturated carbocycles. The maximum atomic E-state index is 5.26. The second-order valence-electron chi connectivity index (χ2n) is 5.74. The molecule has 128 valence electrons. The third-order valence-electron chi connectivity index (χ3n) is 4.19. The number of pyridine rings is 1. The molecule has 0 atom stereocenters. The minimum Gasteiger partial charge on any atom is -0.497 e. The first-order valence-electron chi connectivity index (χ1n) is 8.19. The molecule has 0 aliphatic rings. The van der Waals surface area contributed by atoms with Crippen molar-refractivity contribution in [3.8, 4) is 34.0 Å². The summed E-state index contributed by atoms with van der Waals surface area (Å²) in [5, 5.41) is 0. The van der Waals surface area contributed by atoms with Crippen LogP contribution in [-0.2, 0) is 0 Å². The van der Waals surface area contributed by atoms with E-state index in [1.54, 1.807) is 26.6 Å². The van der Waals surface area contributed by atoms with Gasteiger partial charge in [0.15, 0.2) is 0 Å². The number of aromatic nitrogens is 3. The third kappa shape index (κ3) is 2.95. The van der Waals surface area contributed by atoms with E-state index >= 15 is 0 Å². The molecule has 4 rings (SSSR count). The Bertz CT molecular complexity index is 959. The smallest absolute Gasteiger partial charge is 0.118 e. The number of rotatable bonds is 4. The van der Waals surface area contributed by atoms with Gasteiger partial charge in [-0.25, -0.2) is 9.97 Å². The summed E-state index contributed by atoms with van der Waals surface area (Å²) in [6, 6.07) is 17.5. The van der Waals surface area contributed by atoms with Crippen molar-refractivity contribution in [1.82, 2.24) is 15.0 Å². The molecule has 0 spiro atoms. The Hall–Kier alpha value is -3.47. The van der Waals surface area contributed by atoms with Crippen LogP contribution in [0.4, 0.5) is 0 Å². The largest absolute Gasteiger partial charge is 0.497 e. The van der Waals surface area contributed by atoms with Crippen LogP contribution in [-0.4, -0.2) is 29.2 Å². The van der Waals surface area contributed by atoms with Crippen molar-refractivity contribution in [2.45, 2.75) is 0 Å². The van der Waals surface area contributed by atoms with E-state index in [0.717, 1.165) is 45.0 Å². The molecule has 0 saturated heterocycles. The summed E-state index contributed by atoms with van der Waals surface area (Å²) in [4.78, 5) is 13.8. The first kappa shape index (κ1) is 16.0. The van der Waals surface area contributed by atoms with Gasteiger partial charge in [0.05, 0.1) is 37.3 Å².